The van der Waals surface area contributed by atoms with Crippen LogP contribution in [0.3, 0.4) is 0 Å². The lowest BCUT2D eigenvalue weighted by atomic mass is 9.86. The molecule has 0 saturated heterocycles. The number of nitrogens with zero attached hydrogens (tertiary/aromatic N) is 6. The van der Waals surface area contributed by atoms with Crippen molar-refractivity contribution in [2.45, 2.75) is 38.5 Å². The van der Waals surface area contributed by atoms with Crippen molar-refractivity contribution in [1.29, 1.82) is 0 Å². The molecule has 0 N–H and O–H groups in total. The van der Waals surface area contributed by atoms with Crippen LogP contribution in [-0.4, -0.2) is 15.0 Å². The molecule has 330 valence electrons. The zero-order chi connectivity index (χ0) is 46.2. The van der Waals surface area contributed by atoms with Crippen molar-refractivity contribution in [3.8, 4) is 34.2 Å². The molecule has 0 atom stereocenters. The van der Waals surface area contributed by atoms with Crippen LogP contribution < -0.4 is 14.7 Å². The highest BCUT2D eigenvalue weighted by Crippen LogP contribution is 2.52. The van der Waals surface area contributed by atoms with Crippen molar-refractivity contribution in [3.05, 3.63) is 252 Å². The first-order valence-corrected chi connectivity index (χ1v) is 24.0. The molecule has 1 aromatic heterocycles. The molecule has 0 bridgehead atoms. The molecule has 3 aliphatic heterocycles. The highest BCUT2D eigenvalue weighted by Gasteiger charge is 2.31. The Kier molecular flexibility index (Phi) is 9.61. The number of fused-ring (bicyclic) bond motifs is 6. The van der Waals surface area contributed by atoms with Crippen molar-refractivity contribution in [2.24, 2.45) is 0 Å². The van der Waals surface area contributed by atoms with Crippen LogP contribution in [0.2, 0.25) is 0 Å². The van der Waals surface area contributed by atoms with Crippen LogP contribution in [0.4, 0.5) is 51.2 Å². The number of hydrogen-bond donors (Lipinski definition) is 0. The van der Waals surface area contributed by atoms with Gasteiger partial charge in [0.2, 0.25) is 0 Å². The van der Waals surface area contributed by atoms with Crippen LogP contribution in [0.1, 0.15) is 71.9 Å². The maximum absolute atomic E-state index is 5.24. The fraction of sp³-hybridized carbons (Fsp3) is 0.0952. The normalized spacial score (nSPS) is 14.0. The molecule has 6 heteroatoms. The zero-order valence-corrected chi connectivity index (χ0v) is 38.7. The molecule has 9 aromatic carbocycles. The zero-order valence-electron chi connectivity index (χ0n) is 38.7. The standard InChI is InChI=1S/C63H48N6/c1-40-49-16-4-10-22-55(49)67(56-23-11-5-17-50(40)56)46-34-28-43(29-35-46)61-64-62(44-30-36-47(37-31-44)68-57-24-12-6-18-51(57)41(2)52-19-7-13-25-58(52)68)66-63(65-61)45-32-38-48(39-33-45)69-59-26-14-8-20-53(59)42(3)54-21-9-15-27-60(54)69/h4-42H,1-3H3. The summed E-state index contributed by atoms with van der Waals surface area (Å²) in [5.41, 5.74) is 21.1. The predicted molar refractivity (Wildman–Crippen MR) is 283 cm³/mol. The second-order valence-corrected chi connectivity index (χ2v) is 18.5. The van der Waals surface area contributed by atoms with Gasteiger partial charge in [-0.15, -0.1) is 0 Å². The van der Waals surface area contributed by atoms with Gasteiger partial charge in [-0.05, 0) is 143 Å². The van der Waals surface area contributed by atoms with Gasteiger partial charge in [0.1, 0.15) is 0 Å². The Morgan fingerprint density at radius 3 is 0.638 bits per heavy atom. The van der Waals surface area contributed by atoms with E-state index in [0.717, 1.165) is 33.8 Å². The third-order valence-corrected chi connectivity index (χ3v) is 14.7. The van der Waals surface area contributed by atoms with Crippen molar-refractivity contribution in [2.75, 3.05) is 14.7 Å². The summed E-state index contributed by atoms with van der Waals surface area (Å²) >= 11 is 0. The maximum atomic E-state index is 5.24. The molecule has 0 fully saturated rings. The van der Waals surface area contributed by atoms with Crippen molar-refractivity contribution >= 4 is 51.2 Å². The van der Waals surface area contributed by atoms with Crippen molar-refractivity contribution in [1.82, 2.24) is 15.0 Å². The van der Waals surface area contributed by atoms with E-state index in [-0.39, 0.29) is 0 Å². The Morgan fingerprint density at radius 2 is 0.435 bits per heavy atom. The number of para-hydroxylation sites is 6. The van der Waals surface area contributed by atoms with Gasteiger partial charge >= 0.3 is 0 Å². The molecule has 4 heterocycles. The SMILES string of the molecule is CC1c2ccccc2N(c2ccc(-c3nc(-c4ccc(N5c6ccccc6C(C)c6ccccc65)cc4)nc(-c4ccc(N5c6ccccc6C(C)c6ccccc65)cc4)n3)cc2)c2ccccc21. The Labute approximate surface area is 403 Å². The Balaban J connectivity index is 0.906. The van der Waals surface area contributed by atoms with Gasteiger partial charge < -0.3 is 14.7 Å². The minimum absolute atomic E-state index is 0.295. The smallest absolute Gasteiger partial charge is 0.164 e. The molecular weight excluding hydrogens is 841 g/mol. The van der Waals surface area contributed by atoms with Crippen LogP contribution in [0, 0.1) is 0 Å². The van der Waals surface area contributed by atoms with Gasteiger partial charge in [0.15, 0.2) is 17.5 Å². The average Bonchev–Trinajstić information content (AvgIpc) is 3.42. The topological polar surface area (TPSA) is 48.4 Å². The first-order valence-electron chi connectivity index (χ1n) is 24.0. The molecule has 6 nitrogen and oxygen atoms in total. The van der Waals surface area contributed by atoms with Gasteiger partial charge in [-0.2, -0.15) is 0 Å². The quantitative estimate of drug-likeness (QED) is 0.166. The minimum Gasteiger partial charge on any atom is -0.310 e. The van der Waals surface area contributed by atoms with Gasteiger partial charge in [0.05, 0.1) is 0 Å². The molecule has 0 radical (unpaired) electrons. The number of hydrogen-bond acceptors (Lipinski definition) is 6. The van der Waals surface area contributed by atoms with Crippen LogP contribution >= 0.6 is 0 Å². The van der Waals surface area contributed by atoms with Gasteiger partial charge in [-0.1, -0.05) is 130 Å². The molecule has 0 spiro atoms. The molecule has 69 heavy (non-hydrogen) atoms. The fourth-order valence-electron chi connectivity index (χ4n) is 11.1. The monoisotopic (exact) mass is 888 g/mol. The molecule has 3 aliphatic rings. The highest BCUT2D eigenvalue weighted by molar-refractivity contribution is 5.88. The molecule has 13 rings (SSSR count). The second-order valence-electron chi connectivity index (χ2n) is 18.5. The van der Waals surface area contributed by atoms with E-state index in [9.17, 15) is 0 Å². The number of anilines is 9. The van der Waals surface area contributed by atoms with E-state index in [2.05, 4.69) is 254 Å². The molecule has 0 saturated carbocycles. The third-order valence-electron chi connectivity index (χ3n) is 14.7. The summed E-state index contributed by atoms with van der Waals surface area (Å²) < 4.78 is 0. The summed E-state index contributed by atoms with van der Waals surface area (Å²) in [7, 11) is 0. The second kappa shape index (κ2) is 16.3. The molecular formula is C63H48N6. The van der Waals surface area contributed by atoms with E-state index in [1.54, 1.807) is 0 Å². The predicted octanol–water partition coefficient (Wildman–Crippen LogP) is 16.7. The largest absolute Gasteiger partial charge is 0.310 e. The van der Waals surface area contributed by atoms with E-state index in [4.69, 9.17) is 15.0 Å². The summed E-state index contributed by atoms with van der Waals surface area (Å²) in [6.07, 6.45) is 0. The lowest BCUT2D eigenvalue weighted by molar-refractivity contribution is 0.892. The van der Waals surface area contributed by atoms with E-state index in [1.165, 1.54) is 67.5 Å². The van der Waals surface area contributed by atoms with E-state index < -0.39 is 0 Å². The van der Waals surface area contributed by atoms with Crippen molar-refractivity contribution < 1.29 is 0 Å². The third kappa shape index (κ3) is 6.66. The summed E-state index contributed by atoms with van der Waals surface area (Å²) in [5, 5.41) is 0. The summed E-state index contributed by atoms with van der Waals surface area (Å²) in [6.45, 7) is 6.90. The first-order chi connectivity index (χ1) is 34.0. The summed E-state index contributed by atoms with van der Waals surface area (Å²) in [4.78, 5) is 22.8. The van der Waals surface area contributed by atoms with E-state index in [0.29, 0.717) is 35.2 Å². The van der Waals surface area contributed by atoms with Crippen LogP contribution in [0.5, 0.6) is 0 Å². The van der Waals surface area contributed by atoms with Crippen molar-refractivity contribution in [3.63, 3.8) is 0 Å². The average molecular weight is 889 g/mol. The Bertz CT molecular complexity index is 3050. The van der Waals surface area contributed by atoms with E-state index in [1.807, 2.05) is 0 Å². The van der Waals surface area contributed by atoms with Crippen LogP contribution in [0.15, 0.2) is 218 Å². The van der Waals surface area contributed by atoms with E-state index >= 15 is 0 Å². The van der Waals surface area contributed by atoms with Gasteiger partial charge in [-0.3, -0.25) is 0 Å². The first kappa shape index (κ1) is 40.6. The van der Waals surface area contributed by atoms with Gasteiger partial charge in [0, 0.05) is 85.6 Å². The lowest BCUT2D eigenvalue weighted by Crippen LogP contribution is -2.20. The number of aromatic nitrogens is 3. The highest BCUT2D eigenvalue weighted by atomic mass is 15.2. The molecule has 0 amide bonds. The van der Waals surface area contributed by atoms with Crippen LogP contribution in [0.25, 0.3) is 34.2 Å². The molecule has 10 aromatic rings. The number of rotatable bonds is 6. The lowest BCUT2D eigenvalue weighted by Gasteiger charge is -2.36. The minimum atomic E-state index is 0.295. The maximum Gasteiger partial charge on any atom is 0.164 e. The fourth-order valence-corrected chi connectivity index (χ4v) is 11.1. The van der Waals surface area contributed by atoms with Gasteiger partial charge in [-0.25, -0.2) is 15.0 Å². The summed E-state index contributed by atoms with van der Waals surface area (Å²) in [6, 6.07) is 78.5. The Hall–Kier alpha value is -8.61. The molecule has 0 unspecified atom stereocenters. The number of benzene rings is 9. The Morgan fingerprint density at radius 1 is 0.246 bits per heavy atom. The van der Waals surface area contributed by atoms with Gasteiger partial charge in [0.25, 0.3) is 0 Å². The molecule has 0 aliphatic carbocycles. The van der Waals surface area contributed by atoms with Crippen LogP contribution in [-0.2, 0) is 0 Å². The summed E-state index contributed by atoms with van der Waals surface area (Å²) in [5.74, 6) is 2.73.